The van der Waals surface area contributed by atoms with Crippen molar-refractivity contribution in [3.8, 4) is 0 Å². The van der Waals surface area contributed by atoms with Gasteiger partial charge >= 0.3 is 0 Å². The minimum atomic E-state index is 0.536. The summed E-state index contributed by atoms with van der Waals surface area (Å²) in [4.78, 5) is 4.98. The zero-order valence-corrected chi connectivity index (χ0v) is 12.5. The highest BCUT2D eigenvalue weighted by Gasteiger charge is 2.19. The second kappa shape index (κ2) is 6.37. The van der Waals surface area contributed by atoms with Crippen LogP contribution in [0.3, 0.4) is 0 Å². The van der Waals surface area contributed by atoms with E-state index in [1.54, 1.807) is 0 Å². The van der Waals surface area contributed by atoms with Crippen LogP contribution >= 0.6 is 0 Å². The molecule has 0 atom stereocenters. The molecule has 0 spiro atoms. The van der Waals surface area contributed by atoms with Crippen LogP contribution in [0.4, 0.5) is 0 Å². The third-order valence-electron chi connectivity index (χ3n) is 4.06. The Morgan fingerprint density at radius 2 is 1.47 bits per heavy atom. The molecule has 0 radical (unpaired) electrons. The van der Waals surface area contributed by atoms with E-state index in [0.29, 0.717) is 11.8 Å². The Morgan fingerprint density at radius 1 is 0.941 bits per heavy atom. The molecule has 1 aliphatic carbocycles. The van der Waals surface area contributed by atoms with E-state index >= 15 is 0 Å². The quantitative estimate of drug-likeness (QED) is 0.592. The Morgan fingerprint density at radius 3 is 1.88 bits per heavy atom. The van der Waals surface area contributed by atoms with Gasteiger partial charge in [0.15, 0.2) is 0 Å². The van der Waals surface area contributed by atoms with Crippen molar-refractivity contribution in [3.05, 3.63) is 11.3 Å². The molecule has 0 unspecified atom stereocenters. The van der Waals surface area contributed by atoms with Crippen molar-refractivity contribution in [2.75, 3.05) is 0 Å². The minimum absolute atomic E-state index is 0.536. The predicted molar refractivity (Wildman–Crippen MR) is 77.4 cm³/mol. The molecule has 0 aromatic heterocycles. The molecule has 1 aliphatic rings. The highest BCUT2D eigenvalue weighted by molar-refractivity contribution is 5.85. The SMILES string of the molecule is C/C(=N\C(=C(/C)C(C)C)C(C)C)C1CCCC1. The largest absolute Gasteiger partial charge is 0.262 e. The lowest BCUT2D eigenvalue weighted by atomic mass is 9.96. The van der Waals surface area contributed by atoms with Gasteiger partial charge in [0.1, 0.15) is 0 Å². The molecule has 1 nitrogen and oxygen atoms in total. The lowest BCUT2D eigenvalue weighted by molar-refractivity contribution is 0.673. The fourth-order valence-corrected chi connectivity index (χ4v) is 2.59. The van der Waals surface area contributed by atoms with Crippen molar-refractivity contribution >= 4 is 5.71 Å². The van der Waals surface area contributed by atoms with E-state index in [4.69, 9.17) is 4.99 Å². The minimum Gasteiger partial charge on any atom is -0.262 e. The van der Waals surface area contributed by atoms with Crippen LogP contribution in [-0.2, 0) is 0 Å². The van der Waals surface area contributed by atoms with Gasteiger partial charge in [0, 0.05) is 11.4 Å². The summed E-state index contributed by atoms with van der Waals surface area (Å²) in [5.74, 6) is 1.89. The average molecular weight is 235 g/mol. The van der Waals surface area contributed by atoms with Gasteiger partial charge in [-0.3, -0.25) is 4.99 Å². The first-order valence-corrected chi connectivity index (χ1v) is 7.19. The molecule has 1 saturated carbocycles. The number of rotatable bonds is 4. The number of hydrogen-bond donors (Lipinski definition) is 0. The fourth-order valence-electron chi connectivity index (χ4n) is 2.59. The molecule has 98 valence electrons. The van der Waals surface area contributed by atoms with E-state index in [9.17, 15) is 0 Å². The molecule has 1 heteroatoms. The van der Waals surface area contributed by atoms with Crippen LogP contribution in [0.5, 0.6) is 0 Å². The topological polar surface area (TPSA) is 12.4 Å². The third-order valence-corrected chi connectivity index (χ3v) is 4.06. The predicted octanol–water partition coefficient (Wildman–Crippen LogP) is 5.22. The molecule has 0 amide bonds. The van der Waals surface area contributed by atoms with E-state index in [2.05, 4.69) is 41.5 Å². The van der Waals surface area contributed by atoms with Crippen LogP contribution in [0.1, 0.15) is 67.2 Å². The molecule has 1 rings (SSSR count). The van der Waals surface area contributed by atoms with E-state index in [1.807, 2.05) is 0 Å². The van der Waals surface area contributed by atoms with Crippen molar-refractivity contribution in [2.45, 2.75) is 67.2 Å². The van der Waals surface area contributed by atoms with Crippen molar-refractivity contribution in [1.82, 2.24) is 0 Å². The Labute approximate surface area is 107 Å². The maximum atomic E-state index is 4.98. The first-order valence-electron chi connectivity index (χ1n) is 7.19. The number of allylic oxidation sites excluding steroid dienone is 2. The Balaban J connectivity index is 2.93. The van der Waals surface area contributed by atoms with Crippen molar-refractivity contribution < 1.29 is 0 Å². The summed E-state index contributed by atoms with van der Waals surface area (Å²) in [6, 6.07) is 0. The monoisotopic (exact) mass is 235 g/mol. The van der Waals surface area contributed by atoms with E-state index in [-0.39, 0.29) is 0 Å². The molecule has 0 N–H and O–H groups in total. The van der Waals surface area contributed by atoms with Gasteiger partial charge < -0.3 is 0 Å². The molecule has 0 bridgehead atoms. The normalized spacial score (nSPS) is 20.4. The summed E-state index contributed by atoms with van der Waals surface area (Å²) in [5, 5.41) is 0. The lowest BCUT2D eigenvalue weighted by Crippen LogP contribution is -2.09. The summed E-state index contributed by atoms with van der Waals surface area (Å²) < 4.78 is 0. The zero-order valence-electron chi connectivity index (χ0n) is 12.5. The van der Waals surface area contributed by atoms with E-state index < -0.39 is 0 Å². The van der Waals surface area contributed by atoms with Gasteiger partial charge in [-0.25, -0.2) is 0 Å². The van der Waals surface area contributed by atoms with E-state index in [1.165, 1.54) is 42.7 Å². The summed E-state index contributed by atoms with van der Waals surface area (Å²) >= 11 is 0. The highest BCUT2D eigenvalue weighted by Crippen LogP contribution is 2.28. The van der Waals surface area contributed by atoms with Crippen LogP contribution in [0.25, 0.3) is 0 Å². The van der Waals surface area contributed by atoms with Crippen LogP contribution in [0.15, 0.2) is 16.3 Å². The first-order chi connectivity index (χ1) is 7.93. The zero-order chi connectivity index (χ0) is 13.0. The molecule has 17 heavy (non-hydrogen) atoms. The van der Waals surface area contributed by atoms with Crippen molar-refractivity contribution in [1.29, 1.82) is 0 Å². The highest BCUT2D eigenvalue weighted by atomic mass is 14.8. The average Bonchev–Trinajstić information content (AvgIpc) is 2.77. The Hall–Kier alpha value is -0.590. The van der Waals surface area contributed by atoms with Crippen molar-refractivity contribution in [2.24, 2.45) is 22.7 Å². The van der Waals surface area contributed by atoms with Crippen LogP contribution < -0.4 is 0 Å². The number of hydrogen-bond acceptors (Lipinski definition) is 1. The first kappa shape index (κ1) is 14.5. The number of aliphatic imine (C=N–C) groups is 1. The molecule has 0 saturated heterocycles. The Kier molecular flexibility index (Phi) is 5.42. The second-order valence-electron chi connectivity index (χ2n) is 6.11. The summed E-state index contributed by atoms with van der Waals surface area (Å²) in [5.41, 5.74) is 4.15. The Bertz CT molecular complexity index is 301. The molecule has 0 heterocycles. The van der Waals surface area contributed by atoms with Gasteiger partial charge in [0.2, 0.25) is 0 Å². The standard InChI is InChI=1S/C16H29N/c1-11(2)13(5)16(12(3)4)17-14(6)15-9-7-8-10-15/h11-12,15H,7-10H2,1-6H3/b16-13+,17-14+. The smallest absolute Gasteiger partial charge is 0.0420 e. The van der Waals surface area contributed by atoms with Gasteiger partial charge in [-0.1, -0.05) is 40.5 Å². The summed E-state index contributed by atoms with van der Waals surface area (Å²) in [6.45, 7) is 13.5. The van der Waals surface area contributed by atoms with Gasteiger partial charge in [0.25, 0.3) is 0 Å². The van der Waals surface area contributed by atoms with Crippen molar-refractivity contribution in [3.63, 3.8) is 0 Å². The summed E-state index contributed by atoms with van der Waals surface area (Å²) in [6.07, 6.45) is 5.48. The maximum Gasteiger partial charge on any atom is 0.0420 e. The van der Waals surface area contributed by atoms with Crippen LogP contribution in [0.2, 0.25) is 0 Å². The van der Waals surface area contributed by atoms with Gasteiger partial charge in [0.05, 0.1) is 0 Å². The third kappa shape index (κ3) is 3.97. The van der Waals surface area contributed by atoms with Gasteiger partial charge in [-0.15, -0.1) is 0 Å². The molecule has 1 fully saturated rings. The summed E-state index contributed by atoms with van der Waals surface area (Å²) in [7, 11) is 0. The number of nitrogens with zero attached hydrogens (tertiary/aromatic N) is 1. The molecule has 0 aliphatic heterocycles. The van der Waals surface area contributed by atoms with Gasteiger partial charge in [-0.2, -0.15) is 0 Å². The maximum absolute atomic E-state index is 4.98. The fraction of sp³-hybridized carbons (Fsp3) is 0.812. The molecule has 0 aromatic rings. The lowest BCUT2D eigenvalue weighted by Gasteiger charge is -2.17. The second-order valence-corrected chi connectivity index (χ2v) is 6.11. The molecular weight excluding hydrogens is 206 g/mol. The van der Waals surface area contributed by atoms with E-state index in [0.717, 1.165) is 5.92 Å². The molecule has 0 aromatic carbocycles. The van der Waals surface area contributed by atoms with Gasteiger partial charge in [-0.05, 0) is 50.0 Å². The molecular formula is C16H29N. The van der Waals surface area contributed by atoms with Crippen LogP contribution in [-0.4, -0.2) is 5.71 Å². The van der Waals surface area contributed by atoms with Crippen LogP contribution in [0, 0.1) is 17.8 Å².